The van der Waals surface area contributed by atoms with Crippen LogP contribution in [0.3, 0.4) is 0 Å². The minimum absolute atomic E-state index is 0.0309. The third-order valence-corrected chi connectivity index (χ3v) is 5.75. The van der Waals surface area contributed by atoms with Gasteiger partial charge in [-0.1, -0.05) is 6.92 Å². The van der Waals surface area contributed by atoms with Crippen molar-refractivity contribution in [1.29, 1.82) is 0 Å². The van der Waals surface area contributed by atoms with Crippen molar-refractivity contribution >= 4 is 5.91 Å². The molecular formula is C22H25FN4O. The van der Waals surface area contributed by atoms with Gasteiger partial charge < -0.3 is 9.47 Å². The van der Waals surface area contributed by atoms with E-state index < -0.39 is 0 Å². The number of carbonyl (C=O) groups excluding carboxylic acids is 1. The molecule has 2 heterocycles. The summed E-state index contributed by atoms with van der Waals surface area (Å²) in [4.78, 5) is 15.2. The van der Waals surface area contributed by atoms with E-state index in [1.807, 2.05) is 41.0 Å². The Bertz CT molecular complexity index is 938. The van der Waals surface area contributed by atoms with Gasteiger partial charge in [0.25, 0.3) is 5.91 Å². The first-order valence-electron chi connectivity index (χ1n) is 9.79. The molecular weight excluding hydrogens is 355 g/mol. The Balaban J connectivity index is 1.71. The van der Waals surface area contributed by atoms with Crippen molar-refractivity contribution in [2.75, 3.05) is 7.05 Å². The van der Waals surface area contributed by atoms with Gasteiger partial charge in [0.05, 0.1) is 11.9 Å². The number of aromatic nitrogens is 3. The summed E-state index contributed by atoms with van der Waals surface area (Å²) in [6, 6.07) is 10.2. The lowest BCUT2D eigenvalue weighted by molar-refractivity contribution is 0.0679. The SMILES string of the molecule is CC1CCC(N(C)C(=O)c2cnn(-c3ccc(F)cc3)c2-n2cccc2)CC1. The lowest BCUT2D eigenvalue weighted by Crippen LogP contribution is -2.39. The zero-order valence-corrected chi connectivity index (χ0v) is 16.3. The van der Waals surface area contributed by atoms with Crippen molar-refractivity contribution in [3.05, 3.63) is 66.4 Å². The molecule has 5 nitrogen and oxygen atoms in total. The normalized spacial score (nSPS) is 19.5. The van der Waals surface area contributed by atoms with E-state index in [2.05, 4.69) is 12.0 Å². The zero-order valence-electron chi connectivity index (χ0n) is 16.3. The van der Waals surface area contributed by atoms with Crippen molar-refractivity contribution in [3.63, 3.8) is 0 Å². The van der Waals surface area contributed by atoms with E-state index in [-0.39, 0.29) is 17.8 Å². The summed E-state index contributed by atoms with van der Waals surface area (Å²) in [6.07, 6.45) is 9.76. The lowest BCUT2D eigenvalue weighted by atomic mass is 9.86. The maximum atomic E-state index is 13.4. The number of halogens is 1. The second-order valence-corrected chi connectivity index (χ2v) is 7.69. The van der Waals surface area contributed by atoms with Crippen LogP contribution in [0, 0.1) is 11.7 Å². The number of hydrogen-bond acceptors (Lipinski definition) is 2. The van der Waals surface area contributed by atoms with Crippen molar-refractivity contribution in [3.8, 4) is 11.5 Å². The number of benzene rings is 1. The van der Waals surface area contributed by atoms with Gasteiger partial charge in [-0.25, -0.2) is 9.07 Å². The second kappa shape index (κ2) is 7.62. The van der Waals surface area contributed by atoms with Gasteiger partial charge in [-0.2, -0.15) is 5.10 Å². The van der Waals surface area contributed by atoms with E-state index in [0.717, 1.165) is 31.6 Å². The first kappa shape index (κ1) is 18.5. The van der Waals surface area contributed by atoms with Crippen LogP contribution in [0.15, 0.2) is 55.0 Å². The van der Waals surface area contributed by atoms with E-state index in [1.54, 1.807) is 23.0 Å². The van der Waals surface area contributed by atoms with E-state index in [1.165, 1.54) is 12.1 Å². The molecule has 0 spiro atoms. The summed E-state index contributed by atoms with van der Waals surface area (Å²) in [6.45, 7) is 2.27. The third kappa shape index (κ3) is 3.46. The number of rotatable bonds is 4. The van der Waals surface area contributed by atoms with Gasteiger partial charge in [-0.3, -0.25) is 4.79 Å². The van der Waals surface area contributed by atoms with Crippen LogP contribution >= 0.6 is 0 Å². The average Bonchev–Trinajstić information content (AvgIpc) is 3.37. The largest absolute Gasteiger partial charge is 0.339 e. The molecule has 4 rings (SSSR count). The average molecular weight is 380 g/mol. The monoisotopic (exact) mass is 380 g/mol. The van der Waals surface area contributed by atoms with E-state index in [0.29, 0.717) is 17.1 Å². The molecule has 1 saturated carbocycles. The van der Waals surface area contributed by atoms with Crippen molar-refractivity contribution < 1.29 is 9.18 Å². The zero-order chi connectivity index (χ0) is 19.7. The highest BCUT2D eigenvalue weighted by Crippen LogP contribution is 2.28. The molecule has 28 heavy (non-hydrogen) atoms. The van der Waals surface area contributed by atoms with Gasteiger partial charge in [0.2, 0.25) is 0 Å². The molecule has 0 saturated heterocycles. The maximum absolute atomic E-state index is 13.4. The highest BCUT2D eigenvalue weighted by atomic mass is 19.1. The number of carbonyl (C=O) groups is 1. The van der Waals surface area contributed by atoms with Gasteiger partial charge in [0.1, 0.15) is 11.4 Å². The first-order valence-corrected chi connectivity index (χ1v) is 9.79. The summed E-state index contributed by atoms with van der Waals surface area (Å²) >= 11 is 0. The number of amides is 1. The van der Waals surface area contributed by atoms with Gasteiger partial charge in [-0.05, 0) is 68.0 Å². The predicted molar refractivity (Wildman–Crippen MR) is 106 cm³/mol. The van der Waals surface area contributed by atoms with Crippen LogP contribution in [0.5, 0.6) is 0 Å². The molecule has 1 fully saturated rings. The van der Waals surface area contributed by atoms with Gasteiger partial charge >= 0.3 is 0 Å². The number of hydrogen-bond donors (Lipinski definition) is 0. The Kier molecular flexibility index (Phi) is 5.03. The minimum Gasteiger partial charge on any atom is -0.339 e. The summed E-state index contributed by atoms with van der Waals surface area (Å²) in [5, 5.41) is 4.46. The first-order chi connectivity index (χ1) is 13.5. The molecule has 0 unspecified atom stereocenters. The fraction of sp³-hybridized carbons (Fsp3) is 0.364. The van der Waals surface area contributed by atoms with Crippen LogP contribution in [0.4, 0.5) is 4.39 Å². The van der Waals surface area contributed by atoms with Crippen LogP contribution in [-0.2, 0) is 0 Å². The Labute approximate surface area is 164 Å². The molecule has 1 aliphatic rings. The van der Waals surface area contributed by atoms with E-state index in [4.69, 9.17) is 0 Å². The highest BCUT2D eigenvalue weighted by molar-refractivity contribution is 5.97. The second-order valence-electron chi connectivity index (χ2n) is 7.69. The Morgan fingerprint density at radius 3 is 2.39 bits per heavy atom. The third-order valence-electron chi connectivity index (χ3n) is 5.75. The van der Waals surface area contributed by atoms with E-state index in [9.17, 15) is 9.18 Å². The lowest BCUT2D eigenvalue weighted by Gasteiger charge is -2.33. The van der Waals surface area contributed by atoms with Crippen molar-refractivity contribution in [2.45, 2.75) is 38.6 Å². The van der Waals surface area contributed by atoms with Crippen LogP contribution in [0.1, 0.15) is 43.0 Å². The van der Waals surface area contributed by atoms with Gasteiger partial charge in [0.15, 0.2) is 5.82 Å². The molecule has 6 heteroatoms. The van der Waals surface area contributed by atoms with Gasteiger partial charge in [-0.15, -0.1) is 0 Å². The molecule has 0 N–H and O–H groups in total. The molecule has 3 aromatic rings. The van der Waals surface area contributed by atoms with Crippen LogP contribution in [-0.4, -0.2) is 38.2 Å². The molecule has 0 radical (unpaired) electrons. The molecule has 146 valence electrons. The summed E-state index contributed by atoms with van der Waals surface area (Å²) in [5.41, 5.74) is 1.25. The minimum atomic E-state index is -0.305. The summed E-state index contributed by atoms with van der Waals surface area (Å²) < 4.78 is 16.9. The van der Waals surface area contributed by atoms with Crippen LogP contribution in [0.25, 0.3) is 11.5 Å². The van der Waals surface area contributed by atoms with Crippen molar-refractivity contribution in [2.24, 2.45) is 5.92 Å². The van der Waals surface area contributed by atoms with Crippen LogP contribution < -0.4 is 0 Å². The fourth-order valence-corrected chi connectivity index (χ4v) is 3.97. The van der Waals surface area contributed by atoms with E-state index >= 15 is 0 Å². The highest BCUT2D eigenvalue weighted by Gasteiger charge is 2.29. The molecule has 1 aliphatic carbocycles. The van der Waals surface area contributed by atoms with Crippen LogP contribution in [0.2, 0.25) is 0 Å². The molecule has 0 atom stereocenters. The topological polar surface area (TPSA) is 43.1 Å². The molecule has 1 amide bonds. The maximum Gasteiger partial charge on any atom is 0.259 e. The number of nitrogens with zero attached hydrogens (tertiary/aromatic N) is 4. The smallest absolute Gasteiger partial charge is 0.259 e. The molecule has 0 bridgehead atoms. The Morgan fingerprint density at radius 2 is 1.75 bits per heavy atom. The standard InChI is InChI=1S/C22H25FN4O/c1-16-5-9-18(10-6-16)25(2)22(28)20-15-24-27(19-11-7-17(23)8-12-19)21(20)26-13-3-4-14-26/h3-4,7-8,11-16,18H,5-6,9-10H2,1-2H3. The Morgan fingerprint density at radius 1 is 1.11 bits per heavy atom. The van der Waals surface area contributed by atoms with Gasteiger partial charge in [0, 0.05) is 25.5 Å². The fourth-order valence-electron chi connectivity index (χ4n) is 3.97. The quantitative estimate of drug-likeness (QED) is 0.671. The molecule has 0 aliphatic heterocycles. The summed E-state index contributed by atoms with van der Waals surface area (Å²) in [5.74, 6) is 1.06. The molecule has 2 aromatic heterocycles. The summed E-state index contributed by atoms with van der Waals surface area (Å²) in [7, 11) is 1.89. The Hall–Kier alpha value is -2.89. The molecule has 1 aromatic carbocycles. The predicted octanol–water partition coefficient (Wildman–Crippen LogP) is 4.45. The van der Waals surface area contributed by atoms with Crippen molar-refractivity contribution in [1.82, 2.24) is 19.2 Å².